The summed E-state index contributed by atoms with van der Waals surface area (Å²) in [6.45, 7) is 6.09. The summed E-state index contributed by atoms with van der Waals surface area (Å²) >= 11 is 0. The third kappa shape index (κ3) is 4.63. The maximum absolute atomic E-state index is 11.6. The molecular weight excluding hydrogens is 224 g/mol. The maximum atomic E-state index is 11.6. The Morgan fingerprint density at radius 3 is 2.39 bits per heavy atom. The molecule has 0 saturated carbocycles. The molecule has 1 N–H and O–H groups in total. The molecule has 0 bridgehead atoms. The highest BCUT2D eigenvalue weighted by Crippen LogP contribution is 2.10. The summed E-state index contributed by atoms with van der Waals surface area (Å²) in [5.41, 5.74) is 2.65. The number of nitrogens with zero attached hydrogens (tertiary/aromatic N) is 1. The van der Waals surface area contributed by atoms with E-state index in [2.05, 4.69) is 23.8 Å². The average molecular weight is 250 g/mol. The lowest BCUT2D eigenvalue weighted by molar-refractivity contribution is 0.601. The van der Waals surface area contributed by atoms with Crippen molar-refractivity contribution in [1.82, 2.24) is 9.97 Å². The van der Waals surface area contributed by atoms with Gasteiger partial charge >= 0.3 is 0 Å². The van der Waals surface area contributed by atoms with E-state index in [-0.39, 0.29) is 5.56 Å². The fraction of sp³-hybridized carbons (Fsp3) is 0.733. The van der Waals surface area contributed by atoms with Crippen LogP contribution in [0.15, 0.2) is 4.79 Å². The number of aromatic amines is 1. The number of hydrogen-bond donors (Lipinski definition) is 1. The van der Waals surface area contributed by atoms with Gasteiger partial charge in [-0.3, -0.25) is 9.78 Å². The van der Waals surface area contributed by atoms with Gasteiger partial charge in [0.2, 0.25) is 0 Å². The Balaban J connectivity index is 2.46. The van der Waals surface area contributed by atoms with Gasteiger partial charge in [-0.25, -0.2) is 0 Å². The number of aromatic nitrogens is 2. The zero-order chi connectivity index (χ0) is 13.4. The Hall–Kier alpha value is -1.12. The topological polar surface area (TPSA) is 45.8 Å². The number of hydrogen-bond acceptors (Lipinski definition) is 2. The minimum absolute atomic E-state index is 0.0341. The van der Waals surface area contributed by atoms with Crippen LogP contribution in [-0.2, 0) is 12.8 Å². The van der Waals surface area contributed by atoms with Gasteiger partial charge in [-0.1, -0.05) is 46.0 Å². The Kier molecular flexibility index (Phi) is 6.69. The van der Waals surface area contributed by atoms with E-state index in [4.69, 9.17) is 0 Å². The fourth-order valence-corrected chi connectivity index (χ4v) is 2.20. The maximum Gasteiger partial charge on any atom is 0.269 e. The second-order valence-electron chi connectivity index (χ2n) is 4.95. The average Bonchev–Trinajstić information content (AvgIpc) is 2.37. The first-order valence-corrected chi connectivity index (χ1v) is 7.27. The van der Waals surface area contributed by atoms with Crippen molar-refractivity contribution in [3.63, 3.8) is 0 Å². The number of aryl methyl sites for hydroxylation is 3. The molecule has 0 fully saturated rings. The molecule has 0 radical (unpaired) electrons. The predicted octanol–water partition coefficient (Wildman–Crippen LogP) is 3.54. The monoisotopic (exact) mass is 250 g/mol. The Morgan fingerprint density at radius 1 is 1.06 bits per heavy atom. The molecule has 0 unspecified atom stereocenters. The van der Waals surface area contributed by atoms with Gasteiger partial charge in [0.1, 0.15) is 5.69 Å². The zero-order valence-electron chi connectivity index (χ0n) is 12.0. The minimum atomic E-state index is -0.0341. The second-order valence-corrected chi connectivity index (χ2v) is 4.95. The number of unbranched alkanes of at least 4 members (excludes halogenated alkanes) is 5. The third-order valence-corrected chi connectivity index (χ3v) is 3.36. The number of rotatable bonds is 8. The molecule has 0 atom stereocenters. The van der Waals surface area contributed by atoms with Gasteiger partial charge < -0.3 is 4.98 Å². The SMILES string of the molecule is CCCCCCCCc1[nH]c(=O)c(C)nc1CC. The van der Waals surface area contributed by atoms with Gasteiger partial charge in [-0.05, 0) is 26.2 Å². The molecule has 3 nitrogen and oxygen atoms in total. The zero-order valence-corrected chi connectivity index (χ0v) is 12.0. The van der Waals surface area contributed by atoms with Crippen LogP contribution in [0.3, 0.4) is 0 Å². The van der Waals surface area contributed by atoms with Gasteiger partial charge in [0, 0.05) is 5.69 Å². The van der Waals surface area contributed by atoms with E-state index < -0.39 is 0 Å². The largest absolute Gasteiger partial charge is 0.323 e. The van der Waals surface area contributed by atoms with Gasteiger partial charge in [0.15, 0.2) is 0 Å². The van der Waals surface area contributed by atoms with Gasteiger partial charge in [-0.15, -0.1) is 0 Å². The fourth-order valence-electron chi connectivity index (χ4n) is 2.20. The van der Waals surface area contributed by atoms with Gasteiger partial charge in [0.25, 0.3) is 5.56 Å². The van der Waals surface area contributed by atoms with Crippen molar-refractivity contribution >= 4 is 0 Å². The molecule has 1 aromatic heterocycles. The lowest BCUT2D eigenvalue weighted by Crippen LogP contribution is -2.17. The lowest BCUT2D eigenvalue weighted by Gasteiger charge is -2.07. The molecule has 0 aromatic carbocycles. The van der Waals surface area contributed by atoms with Crippen LogP contribution in [0.25, 0.3) is 0 Å². The summed E-state index contributed by atoms with van der Waals surface area (Å²) in [4.78, 5) is 18.9. The summed E-state index contributed by atoms with van der Waals surface area (Å²) in [5, 5.41) is 0. The number of nitrogens with one attached hydrogen (secondary N) is 1. The van der Waals surface area contributed by atoms with Crippen LogP contribution in [0.2, 0.25) is 0 Å². The van der Waals surface area contributed by atoms with Gasteiger partial charge in [-0.2, -0.15) is 0 Å². The second kappa shape index (κ2) is 8.06. The quantitative estimate of drug-likeness (QED) is 0.717. The van der Waals surface area contributed by atoms with Crippen LogP contribution < -0.4 is 5.56 Å². The molecule has 0 aliphatic heterocycles. The van der Waals surface area contributed by atoms with E-state index in [1.54, 1.807) is 6.92 Å². The molecule has 102 valence electrons. The van der Waals surface area contributed by atoms with E-state index in [9.17, 15) is 4.79 Å². The molecule has 0 saturated heterocycles. The molecule has 18 heavy (non-hydrogen) atoms. The van der Waals surface area contributed by atoms with Crippen molar-refractivity contribution in [2.24, 2.45) is 0 Å². The van der Waals surface area contributed by atoms with Crippen LogP contribution in [-0.4, -0.2) is 9.97 Å². The van der Waals surface area contributed by atoms with Crippen LogP contribution in [0.5, 0.6) is 0 Å². The molecule has 1 aromatic rings. The van der Waals surface area contributed by atoms with E-state index in [0.29, 0.717) is 5.69 Å². The Labute approximate surface area is 110 Å². The molecule has 1 rings (SSSR count). The summed E-state index contributed by atoms with van der Waals surface area (Å²) in [6, 6.07) is 0. The van der Waals surface area contributed by atoms with E-state index in [1.807, 2.05) is 0 Å². The molecular formula is C15H26N2O. The highest BCUT2D eigenvalue weighted by Gasteiger charge is 2.06. The van der Waals surface area contributed by atoms with Crippen LogP contribution in [0.4, 0.5) is 0 Å². The van der Waals surface area contributed by atoms with Gasteiger partial charge in [0.05, 0.1) is 5.69 Å². The first kappa shape index (κ1) is 14.9. The predicted molar refractivity (Wildman–Crippen MR) is 76.1 cm³/mol. The lowest BCUT2D eigenvalue weighted by atomic mass is 10.1. The van der Waals surface area contributed by atoms with Crippen LogP contribution >= 0.6 is 0 Å². The Morgan fingerprint density at radius 2 is 1.72 bits per heavy atom. The van der Waals surface area contributed by atoms with E-state index >= 15 is 0 Å². The summed E-state index contributed by atoms with van der Waals surface area (Å²) in [6.07, 6.45) is 9.51. The molecule has 1 heterocycles. The minimum Gasteiger partial charge on any atom is -0.323 e. The highest BCUT2D eigenvalue weighted by atomic mass is 16.1. The van der Waals surface area contributed by atoms with Crippen molar-refractivity contribution in [2.75, 3.05) is 0 Å². The van der Waals surface area contributed by atoms with Crippen LogP contribution in [0.1, 0.15) is 69.5 Å². The standard InChI is InChI=1S/C15H26N2O/c1-4-6-7-8-9-10-11-14-13(5-2)16-12(3)15(18)17-14/h4-11H2,1-3H3,(H,17,18). The summed E-state index contributed by atoms with van der Waals surface area (Å²) < 4.78 is 0. The smallest absolute Gasteiger partial charge is 0.269 e. The molecule has 0 amide bonds. The van der Waals surface area contributed by atoms with Crippen molar-refractivity contribution in [2.45, 2.75) is 72.1 Å². The molecule has 0 aliphatic carbocycles. The molecule has 0 spiro atoms. The summed E-state index contributed by atoms with van der Waals surface area (Å²) in [7, 11) is 0. The number of H-pyrrole nitrogens is 1. The highest BCUT2D eigenvalue weighted by molar-refractivity contribution is 5.13. The summed E-state index contributed by atoms with van der Waals surface area (Å²) in [5.74, 6) is 0. The first-order chi connectivity index (χ1) is 8.69. The van der Waals surface area contributed by atoms with Crippen molar-refractivity contribution in [1.29, 1.82) is 0 Å². The Bertz CT molecular complexity index is 409. The van der Waals surface area contributed by atoms with E-state index in [1.165, 1.54) is 32.1 Å². The van der Waals surface area contributed by atoms with Crippen molar-refractivity contribution in [3.8, 4) is 0 Å². The first-order valence-electron chi connectivity index (χ1n) is 7.27. The van der Waals surface area contributed by atoms with Crippen molar-refractivity contribution < 1.29 is 0 Å². The molecule has 0 aliphatic rings. The van der Waals surface area contributed by atoms with E-state index in [0.717, 1.165) is 30.7 Å². The third-order valence-electron chi connectivity index (χ3n) is 3.36. The molecule has 3 heteroatoms. The van der Waals surface area contributed by atoms with Crippen LogP contribution in [0, 0.1) is 6.92 Å². The van der Waals surface area contributed by atoms with Crippen molar-refractivity contribution in [3.05, 3.63) is 27.4 Å². The normalized spacial score (nSPS) is 10.8.